The van der Waals surface area contributed by atoms with Crippen molar-refractivity contribution in [2.24, 2.45) is 0 Å². The van der Waals surface area contributed by atoms with E-state index in [-0.39, 0.29) is 10.5 Å². The number of sulfonamides is 1. The first-order valence-electron chi connectivity index (χ1n) is 6.51. The molecule has 7 nitrogen and oxygen atoms in total. The molecular weight excluding hydrogens is 296 g/mol. The SMILES string of the molecule is Cc1cc(C)c(S(=O)(=O)NN2CCOCC2)cc1C(=O)O. The minimum absolute atomic E-state index is 0.0112. The van der Waals surface area contributed by atoms with Crippen LogP contribution in [0.15, 0.2) is 17.0 Å². The van der Waals surface area contributed by atoms with E-state index in [9.17, 15) is 13.2 Å². The predicted octanol–water partition coefficient (Wildman–Crippen LogP) is 0.527. The maximum Gasteiger partial charge on any atom is 0.335 e. The van der Waals surface area contributed by atoms with Crippen molar-refractivity contribution < 1.29 is 23.1 Å². The van der Waals surface area contributed by atoms with Crippen LogP contribution in [0, 0.1) is 13.8 Å². The number of morpholine rings is 1. The molecule has 0 unspecified atom stereocenters. The second kappa shape index (κ2) is 6.10. The van der Waals surface area contributed by atoms with E-state index in [1.165, 1.54) is 6.07 Å². The van der Waals surface area contributed by atoms with E-state index in [4.69, 9.17) is 9.84 Å². The average molecular weight is 314 g/mol. The molecule has 2 N–H and O–H groups in total. The van der Waals surface area contributed by atoms with Crippen LogP contribution in [0.1, 0.15) is 21.5 Å². The number of carboxylic acids is 1. The smallest absolute Gasteiger partial charge is 0.335 e. The van der Waals surface area contributed by atoms with Crippen molar-refractivity contribution in [1.29, 1.82) is 0 Å². The molecule has 0 bridgehead atoms. The van der Waals surface area contributed by atoms with Gasteiger partial charge in [0, 0.05) is 13.1 Å². The minimum atomic E-state index is -3.81. The molecule has 0 radical (unpaired) electrons. The second-order valence-electron chi connectivity index (χ2n) is 4.93. The largest absolute Gasteiger partial charge is 0.478 e. The minimum Gasteiger partial charge on any atom is -0.478 e. The molecule has 0 spiro atoms. The van der Waals surface area contributed by atoms with Gasteiger partial charge in [-0.2, -0.15) is 0 Å². The lowest BCUT2D eigenvalue weighted by Crippen LogP contribution is -2.48. The van der Waals surface area contributed by atoms with Crippen LogP contribution in [-0.4, -0.2) is 50.8 Å². The zero-order chi connectivity index (χ0) is 15.6. The summed E-state index contributed by atoms with van der Waals surface area (Å²) in [4.78, 5) is 13.6. The third-order valence-electron chi connectivity index (χ3n) is 3.30. The van der Waals surface area contributed by atoms with Crippen LogP contribution >= 0.6 is 0 Å². The van der Waals surface area contributed by atoms with E-state index >= 15 is 0 Å². The number of hydrogen-bond donors (Lipinski definition) is 2. The van der Waals surface area contributed by atoms with E-state index < -0.39 is 16.0 Å². The first-order valence-corrected chi connectivity index (χ1v) is 7.99. The summed E-state index contributed by atoms with van der Waals surface area (Å²) in [6.45, 7) is 5.10. The number of aryl methyl sites for hydroxylation is 2. The van der Waals surface area contributed by atoms with Gasteiger partial charge in [-0.3, -0.25) is 0 Å². The highest BCUT2D eigenvalue weighted by Gasteiger charge is 2.24. The summed E-state index contributed by atoms with van der Waals surface area (Å²) in [7, 11) is -3.81. The van der Waals surface area contributed by atoms with Gasteiger partial charge in [-0.25, -0.2) is 18.2 Å². The Morgan fingerprint density at radius 1 is 1.24 bits per heavy atom. The van der Waals surface area contributed by atoms with Gasteiger partial charge in [-0.1, -0.05) is 6.07 Å². The van der Waals surface area contributed by atoms with Crippen molar-refractivity contribution in [3.63, 3.8) is 0 Å². The Morgan fingerprint density at radius 3 is 2.43 bits per heavy atom. The van der Waals surface area contributed by atoms with Gasteiger partial charge < -0.3 is 9.84 Å². The molecular formula is C13H18N2O5S. The van der Waals surface area contributed by atoms with E-state index in [1.807, 2.05) is 0 Å². The second-order valence-corrected chi connectivity index (χ2v) is 6.56. The molecule has 0 amide bonds. The molecule has 21 heavy (non-hydrogen) atoms. The molecule has 1 fully saturated rings. The highest BCUT2D eigenvalue weighted by Crippen LogP contribution is 2.21. The van der Waals surface area contributed by atoms with Gasteiger partial charge >= 0.3 is 5.97 Å². The third-order valence-corrected chi connectivity index (χ3v) is 4.82. The number of carboxylic acid groups (broad SMARTS) is 1. The number of hydrazine groups is 1. The highest BCUT2D eigenvalue weighted by molar-refractivity contribution is 7.89. The van der Waals surface area contributed by atoms with Crippen LogP contribution in [0.3, 0.4) is 0 Å². The maximum absolute atomic E-state index is 12.4. The summed E-state index contributed by atoms with van der Waals surface area (Å²) >= 11 is 0. The van der Waals surface area contributed by atoms with E-state index in [1.54, 1.807) is 24.9 Å². The molecule has 0 saturated carbocycles. The average Bonchev–Trinajstić information content (AvgIpc) is 2.38. The first-order chi connectivity index (χ1) is 9.81. The number of benzene rings is 1. The Kier molecular flexibility index (Phi) is 4.62. The predicted molar refractivity (Wildman–Crippen MR) is 75.6 cm³/mol. The van der Waals surface area contributed by atoms with Crippen molar-refractivity contribution in [1.82, 2.24) is 9.84 Å². The lowest BCUT2D eigenvalue weighted by atomic mass is 10.1. The van der Waals surface area contributed by atoms with Crippen molar-refractivity contribution in [3.8, 4) is 0 Å². The first kappa shape index (κ1) is 15.9. The summed E-state index contributed by atoms with van der Waals surface area (Å²) in [6.07, 6.45) is 0. The number of nitrogens with one attached hydrogen (secondary N) is 1. The van der Waals surface area contributed by atoms with Crippen LogP contribution < -0.4 is 4.83 Å². The van der Waals surface area contributed by atoms with E-state index in [0.29, 0.717) is 37.4 Å². The number of aromatic carboxylic acids is 1. The fourth-order valence-electron chi connectivity index (χ4n) is 2.23. The van der Waals surface area contributed by atoms with Gasteiger partial charge in [0.2, 0.25) is 0 Å². The molecule has 1 aliphatic heterocycles. The van der Waals surface area contributed by atoms with Crippen LogP contribution in [-0.2, 0) is 14.8 Å². The van der Waals surface area contributed by atoms with Gasteiger partial charge in [0.05, 0.1) is 23.7 Å². The van der Waals surface area contributed by atoms with Gasteiger partial charge in [0.25, 0.3) is 10.0 Å². The molecule has 1 aliphatic rings. The number of ether oxygens (including phenoxy) is 1. The van der Waals surface area contributed by atoms with Gasteiger partial charge in [-0.15, -0.1) is 4.83 Å². The van der Waals surface area contributed by atoms with Gasteiger partial charge in [0.15, 0.2) is 0 Å². The van der Waals surface area contributed by atoms with Crippen molar-refractivity contribution in [3.05, 3.63) is 28.8 Å². The topological polar surface area (TPSA) is 95.9 Å². The Hall–Kier alpha value is -1.48. The summed E-state index contributed by atoms with van der Waals surface area (Å²) in [5.41, 5.74) is 1.03. The molecule has 2 rings (SSSR count). The number of rotatable bonds is 4. The number of hydrogen-bond acceptors (Lipinski definition) is 5. The van der Waals surface area contributed by atoms with Crippen molar-refractivity contribution in [2.45, 2.75) is 18.7 Å². The highest BCUT2D eigenvalue weighted by atomic mass is 32.2. The third kappa shape index (κ3) is 3.59. The Bertz CT molecular complexity index is 651. The van der Waals surface area contributed by atoms with Gasteiger partial charge in [0.1, 0.15) is 0 Å². The quantitative estimate of drug-likeness (QED) is 0.841. The standard InChI is InChI=1S/C13H18N2O5S/c1-9-7-10(2)12(8-11(9)13(16)17)21(18,19)14-15-3-5-20-6-4-15/h7-8,14H,3-6H2,1-2H3,(H,16,17). The molecule has 0 atom stereocenters. The fourth-order valence-corrected chi connectivity index (χ4v) is 3.60. The summed E-state index contributed by atoms with van der Waals surface area (Å²) < 4.78 is 30.0. The lowest BCUT2D eigenvalue weighted by Gasteiger charge is -2.27. The van der Waals surface area contributed by atoms with E-state index in [2.05, 4.69) is 4.83 Å². The molecule has 1 aromatic carbocycles. The molecule has 116 valence electrons. The molecule has 1 saturated heterocycles. The molecule has 0 aliphatic carbocycles. The van der Waals surface area contributed by atoms with Crippen LogP contribution in [0.2, 0.25) is 0 Å². The Labute approximate surface area is 123 Å². The lowest BCUT2D eigenvalue weighted by molar-refractivity contribution is 0.0272. The Balaban J connectivity index is 2.34. The zero-order valence-electron chi connectivity index (χ0n) is 11.9. The van der Waals surface area contributed by atoms with Gasteiger partial charge in [-0.05, 0) is 31.0 Å². The fraction of sp³-hybridized carbons (Fsp3) is 0.462. The van der Waals surface area contributed by atoms with E-state index in [0.717, 1.165) is 0 Å². The summed E-state index contributed by atoms with van der Waals surface area (Å²) in [6, 6.07) is 2.77. The zero-order valence-corrected chi connectivity index (χ0v) is 12.7. The van der Waals surface area contributed by atoms with Crippen LogP contribution in [0.5, 0.6) is 0 Å². The van der Waals surface area contributed by atoms with Crippen LogP contribution in [0.4, 0.5) is 0 Å². The summed E-state index contributed by atoms with van der Waals surface area (Å²) in [5, 5.41) is 10.7. The summed E-state index contributed by atoms with van der Waals surface area (Å²) in [5.74, 6) is -1.14. The van der Waals surface area contributed by atoms with Crippen molar-refractivity contribution >= 4 is 16.0 Å². The van der Waals surface area contributed by atoms with Crippen LogP contribution in [0.25, 0.3) is 0 Å². The monoisotopic (exact) mass is 314 g/mol. The molecule has 0 aromatic heterocycles. The number of nitrogens with zero attached hydrogens (tertiary/aromatic N) is 1. The Morgan fingerprint density at radius 2 is 1.86 bits per heavy atom. The number of carbonyl (C=O) groups is 1. The molecule has 8 heteroatoms. The molecule has 1 aromatic rings. The maximum atomic E-state index is 12.4. The molecule has 1 heterocycles. The van der Waals surface area contributed by atoms with Crippen molar-refractivity contribution in [2.75, 3.05) is 26.3 Å². The normalized spacial score (nSPS) is 16.9.